The molecular weight excluding hydrogens is 230 g/mol. The summed E-state index contributed by atoms with van der Waals surface area (Å²) >= 11 is 0. The fourth-order valence-electron chi connectivity index (χ4n) is 1.86. The number of nitro groups is 1. The van der Waals surface area contributed by atoms with Crippen molar-refractivity contribution < 1.29 is 4.92 Å². The van der Waals surface area contributed by atoms with Gasteiger partial charge in [0.1, 0.15) is 0 Å². The van der Waals surface area contributed by atoms with E-state index in [0.29, 0.717) is 11.4 Å². The number of hydrogen-bond acceptors (Lipinski definition) is 4. The predicted molar refractivity (Wildman–Crippen MR) is 70.1 cm³/mol. The number of rotatable bonds is 1. The maximum absolute atomic E-state index is 10.8. The molecule has 2 aromatic carbocycles. The summed E-state index contributed by atoms with van der Waals surface area (Å²) in [4.78, 5) is 14.7. The van der Waals surface area contributed by atoms with Crippen LogP contribution in [-0.2, 0) is 0 Å². The van der Waals surface area contributed by atoms with Crippen molar-refractivity contribution in [3.8, 4) is 0 Å². The number of nitrogens with zero attached hydrogens (tertiary/aromatic N) is 2. The molecule has 1 aliphatic rings. The topological polar surface area (TPSA) is 67.5 Å². The summed E-state index contributed by atoms with van der Waals surface area (Å²) in [6.45, 7) is 0. The number of benzene rings is 2. The molecule has 0 saturated heterocycles. The first-order valence-corrected chi connectivity index (χ1v) is 5.42. The SMILES string of the molecule is O=[N+]([O-])c1ccc2c(c1)Nc1ccccc1C=N2. The maximum atomic E-state index is 10.8. The molecule has 0 saturated carbocycles. The van der Waals surface area contributed by atoms with Crippen LogP contribution in [0.15, 0.2) is 47.5 Å². The zero-order valence-corrected chi connectivity index (χ0v) is 9.33. The Kier molecular flexibility index (Phi) is 2.30. The first-order valence-electron chi connectivity index (χ1n) is 5.42. The van der Waals surface area contributed by atoms with Crippen LogP contribution < -0.4 is 5.32 Å². The molecule has 2 aromatic rings. The van der Waals surface area contributed by atoms with Crippen molar-refractivity contribution in [2.24, 2.45) is 4.99 Å². The second-order valence-electron chi connectivity index (χ2n) is 3.93. The maximum Gasteiger partial charge on any atom is 0.271 e. The fourth-order valence-corrected chi connectivity index (χ4v) is 1.86. The van der Waals surface area contributed by atoms with Crippen LogP contribution in [0.5, 0.6) is 0 Å². The van der Waals surface area contributed by atoms with E-state index in [1.165, 1.54) is 12.1 Å². The van der Waals surface area contributed by atoms with E-state index in [-0.39, 0.29) is 5.69 Å². The summed E-state index contributed by atoms with van der Waals surface area (Å²) < 4.78 is 0. The van der Waals surface area contributed by atoms with Gasteiger partial charge in [-0.25, -0.2) is 0 Å². The summed E-state index contributed by atoms with van der Waals surface area (Å²) in [5, 5.41) is 13.9. The van der Waals surface area contributed by atoms with Gasteiger partial charge in [0.25, 0.3) is 5.69 Å². The van der Waals surface area contributed by atoms with E-state index < -0.39 is 4.92 Å². The van der Waals surface area contributed by atoms with Crippen molar-refractivity contribution in [1.82, 2.24) is 0 Å². The van der Waals surface area contributed by atoms with Crippen LogP contribution in [0.1, 0.15) is 5.56 Å². The average Bonchev–Trinajstić information content (AvgIpc) is 2.56. The monoisotopic (exact) mass is 239 g/mol. The second-order valence-corrected chi connectivity index (χ2v) is 3.93. The van der Waals surface area contributed by atoms with Crippen LogP contribution >= 0.6 is 0 Å². The van der Waals surface area contributed by atoms with Crippen molar-refractivity contribution >= 4 is 29.0 Å². The molecule has 5 heteroatoms. The van der Waals surface area contributed by atoms with Gasteiger partial charge in [0, 0.05) is 29.6 Å². The first kappa shape index (κ1) is 10.5. The smallest absolute Gasteiger partial charge is 0.271 e. The standard InChI is InChI=1S/C13H9N3O2/c17-16(18)10-5-6-12-13(7-10)15-11-4-2-1-3-9(11)8-14-12/h1-8,15H. The lowest BCUT2D eigenvalue weighted by atomic mass is 10.2. The molecule has 88 valence electrons. The molecule has 0 aromatic heterocycles. The average molecular weight is 239 g/mol. The van der Waals surface area contributed by atoms with Crippen LogP contribution in [0.4, 0.5) is 22.7 Å². The molecule has 0 radical (unpaired) electrons. The third kappa shape index (κ3) is 1.71. The molecule has 0 fully saturated rings. The number of fused-ring (bicyclic) bond motifs is 2. The highest BCUT2D eigenvalue weighted by Gasteiger charge is 2.13. The molecule has 0 aliphatic carbocycles. The summed E-state index contributed by atoms with van der Waals surface area (Å²) in [6, 6.07) is 12.3. The van der Waals surface area contributed by atoms with Gasteiger partial charge < -0.3 is 5.32 Å². The van der Waals surface area contributed by atoms with E-state index in [9.17, 15) is 10.1 Å². The Morgan fingerprint density at radius 1 is 1.11 bits per heavy atom. The highest BCUT2D eigenvalue weighted by Crippen LogP contribution is 2.34. The zero-order valence-electron chi connectivity index (χ0n) is 9.33. The van der Waals surface area contributed by atoms with E-state index in [1.54, 1.807) is 12.3 Å². The van der Waals surface area contributed by atoms with Gasteiger partial charge in [0.05, 0.1) is 16.3 Å². The molecule has 0 atom stereocenters. The minimum absolute atomic E-state index is 0.0517. The van der Waals surface area contributed by atoms with E-state index >= 15 is 0 Å². The van der Waals surface area contributed by atoms with E-state index in [0.717, 1.165) is 11.3 Å². The van der Waals surface area contributed by atoms with Gasteiger partial charge in [-0.3, -0.25) is 15.1 Å². The molecule has 3 rings (SSSR count). The Morgan fingerprint density at radius 2 is 1.94 bits per heavy atom. The van der Waals surface area contributed by atoms with E-state index in [1.807, 2.05) is 24.3 Å². The number of hydrogen-bond donors (Lipinski definition) is 1. The van der Waals surface area contributed by atoms with Crippen LogP contribution in [0.25, 0.3) is 0 Å². The van der Waals surface area contributed by atoms with Crippen molar-refractivity contribution in [3.63, 3.8) is 0 Å². The van der Waals surface area contributed by atoms with Gasteiger partial charge in [-0.2, -0.15) is 0 Å². The Hall–Kier alpha value is -2.69. The highest BCUT2D eigenvalue weighted by molar-refractivity contribution is 5.95. The molecule has 1 aliphatic heterocycles. The molecule has 1 heterocycles. The Labute approximate surface area is 103 Å². The Bertz CT molecular complexity index is 665. The Balaban J connectivity index is 2.13. The van der Waals surface area contributed by atoms with Crippen LogP contribution in [0, 0.1) is 10.1 Å². The number of nitrogens with one attached hydrogen (secondary N) is 1. The molecule has 18 heavy (non-hydrogen) atoms. The van der Waals surface area contributed by atoms with Crippen molar-refractivity contribution in [2.75, 3.05) is 5.32 Å². The van der Waals surface area contributed by atoms with Gasteiger partial charge in [-0.05, 0) is 12.1 Å². The lowest BCUT2D eigenvalue weighted by Crippen LogP contribution is -1.94. The third-order valence-corrected chi connectivity index (χ3v) is 2.76. The van der Waals surface area contributed by atoms with Crippen molar-refractivity contribution in [2.45, 2.75) is 0 Å². The van der Waals surface area contributed by atoms with Gasteiger partial charge in [0.2, 0.25) is 0 Å². The van der Waals surface area contributed by atoms with Crippen molar-refractivity contribution in [3.05, 3.63) is 58.1 Å². The van der Waals surface area contributed by atoms with Gasteiger partial charge in [-0.1, -0.05) is 18.2 Å². The molecule has 1 N–H and O–H groups in total. The lowest BCUT2D eigenvalue weighted by Gasteiger charge is -2.07. The zero-order chi connectivity index (χ0) is 12.5. The number of para-hydroxylation sites is 1. The summed E-state index contributed by atoms with van der Waals surface area (Å²) in [6.07, 6.45) is 1.75. The molecule has 0 amide bonds. The third-order valence-electron chi connectivity index (χ3n) is 2.76. The quantitative estimate of drug-likeness (QED) is 0.522. The summed E-state index contributed by atoms with van der Waals surface area (Å²) in [5.41, 5.74) is 3.23. The number of aliphatic imine (C=N–C) groups is 1. The molecule has 5 nitrogen and oxygen atoms in total. The molecule has 0 unspecified atom stereocenters. The predicted octanol–water partition coefficient (Wildman–Crippen LogP) is 3.40. The Morgan fingerprint density at radius 3 is 2.78 bits per heavy atom. The fraction of sp³-hybridized carbons (Fsp3) is 0. The van der Waals surface area contributed by atoms with E-state index in [4.69, 9.17) is 0 Å². The van der Waals surface area contributed by atoms with Crippen LogP contribution in [0.2, 0.25) is 0 Å². The van der Waals surface area contributed by atoms with Crippen molar-refractivity contribution in [1.29, 1.82) is 0 Å². The normalized spacial score (nSPS) is 12.0. The molecular formula is C13H9N3O2. The number of anilines is 2. The minimum Gasteiger partial charge on any atom is -0.353 e. The minimum atomic E-state index is -0.414. The molecule has 0 bridgehead atoms. The van der Waals surface area contributed by atoms with Gasteiger partial charge in [0.15, 0.2) is 0 Å². The first-order chi connectivity index (χ1) is 8.74. The van der Waals surface area contributed by atoms with Crippen LogP contribution in [-0.4, -0.2) is 11.1 Å². The van der Waals surface area contributed by atoms with Gasteiger partial charge in [-0.15, -0.1) is 0 Å². The van der Waals surface area contributed by atoms with E-state index in [2.05, 4.69) is 10.3 Å². The summed E-state index contributed by atoms with van der Waals surface area (Å²) in [7, 11) is 0. The highest BCUT2D eigenvalue weighted by atomic mass is 16.6. The molecule has 0 spiro atoms. The van der Waals surface area contributed by atoms with Crippen LogP contribution in [0.3, 0.4) is 0 Å². The second kappa shape index (κ2) is 3.96. The van der Waals surface area contributed by atoms with Gasteiger partial charge >= 0.3 is 0 Å². The number of nitro benzene ring substituents is 1. The summed E-state index contributed by atoms with van der Waals surface area (Å²) in [5.74, 6) is 0. The largest absolute Gasteiger partial charge is 0.353 e. The number of non-ortho nitro benzene ring substituents is 1. The lowest BCUT2D eigenvalue weighted by molar-refractivity contribution is -0.384.